The highest BCUT2D eigenvalue weighted by Gasteiger charge is 2.12. The first-order valence-corrected chi connectivity index (χ1v) is 5.21. The van der Waals surface area contributed by atoms with Crippen molar-refractivity contribution in [3.05, 3.63) is 41.9 Å². The topological polar surface area (TPSA) is 46.0 Å². The second-order valence-electron chi connectivity index (χ2n) is 3.90. The van der Waals surface area contributed by atoms with Crippen molar-refractivity contribution in [2.45, 2.75) is 13.8 Å². The van der Waals surface area contributed by atoms with E-state index >= 15 is 0 Å². The Kier molecular flexibility index (Phi) is 1.83. The molecule has 0 atom stereocenters. The number of aromatic nitrogens is 4. The number of nitrogens with zero attached hydrogens (tertiary/aromatic N) is 3. The Hall–Kier alpha value is -2.10. The van der Waals surface area contributed by atoms with Gasteiger partial charge in [-0.2, -0.15) is 5.10 Å². The van der Waals surface area contributed by atoms with Crippen molar-refractivity contribution in [3.8, 4) is 11.4 Å². The van der Waals surface area contributed by atoms with Crippen molar-refractivity contribution in [2.75, 3.05) is 0 Å². The van der Waals surface area contributed by atoms with Crippen LogP contribution in [-0.2, 0) is 0 Å². The van der Waals surface area contributed by atoms with Crippen molar-refractivity contribution < 1.29 is 0 Å². The van der Waals surface area contributed by atoms with Gasteiger partial charge in [-0.15, -0.1) is 0 Å². The quantitative estimate of drug-likeness (QED) is 0.673. The van der Waals surface area contributed by atoms with E-state index in [1.807, 2.05) is 25.3 Å². The molecule has 0 saturated carbocycles. The average molecular weight is 212 g/mol. The molecule has 0 fully saturated rings. The Labute approximate surface area is 93.0 Å². The number of hydrogen-bond donors (Lipinski definition) is 1. The van der Waals surface area contributed by atoms with Crippen molar-refractivity contribution in [1.82, 2.24) is 19.6 Å². The van der Waals surface area contributed by atoms with Crippen LogP contribution in [0.15, 0.2) is 30.6 Å². The molecule has 3 aromatic rings. The highest BCUT2D eigenvalue weighted by atomic mass is 15.1. The number of pyridine rings is 1. The number of aryl methyl sites for hydroxylation is 2. The van der Waals surface area contributed by atoms with Gasteiger partial charge in [0.05, 0.1) is 17.1 Å². The highest BCUT2D eigenvalue weighted by Crippen LogP contribution is 2.23. The summed E-state index contributed by atoms with van der Waals surface area (Å²) in [5.41, 5.74) is 5.27. The summed E-state index contributed by atoms with van der Waals surface area (Å²) in [4.78, 5) is 4.58. The van der Waals surface area contributed by atoms with Gasteiger partial charge >= 0.3 is 0 Å². The van der Waals surface area contributed by atoms with Gasteiger partial charge in [0.2, 0.25) is 0 Å². The van der Waals surface area contributed by atoms with Crippen LogP contribution >= 0.6 is 0 Å². The van der Waals surface area contributed by atoms with Crippen molar-refractivity contribution >= 4 is 5.65 Å². The Morgan fingerprint density at radius 3 is 2.88 bits per heavy atom. The highest BCUT2D eigenvalue weighted by molar-refractivity contribution is 5.65. The van der Waals surface area contributed by atoms with E-state index < -0.39 is 0 Å². The van der Waals surface area contributed by atoms with Crippen LogP contribution in [0.5, 0.6) is 0 Å². The van der Waals surface area contributed by atoms with Crippen LogP contribution in [0.25, 0.3) is 17.0 Å². The fourth-order valence-corrected chi connectivity index (χ4v) is 2.03. The predicted octanol–water partition coefficient (Wildman–Crippen LogP) is 2.34. The molecule has 16 heavy (non-hydrogen) atoms. The molecule has 0 aromatic carbocycles. The Balaban J connectivity index is 2.41. The molecule has 1 N–H and O–H groups in total. The van der Waals surface area contributed by atoms with Gasteiger partial charge in [0.1, 0.15) is 5.65 Å². The largest absolute Gasteiger partial charge is 0.298 e. The second-order valence-corrected chi connectivity index (χ2v) is 3.90. The maximum atomic E-state index is 4.58. The number of H-pyrrole nitrogens is 1. The van der Waals surface area contributed by atoms with E-state index in [4.69, 9.17) is 0 Å². The molecule has 0 aliphatic rings. The van der Waals surface area contributed by atoms with E-state index in [1.54, 1.807) is 6.20 Å². The summed E-state index contributed by atoms with van der Waals surface area (Å²) >= 11 is 0. The minimum absolute atomic E-state index is 0.996. The van der Waals surface area contributed by atoms with E-state index in [9.17, 15) is 0 Å². The van der Waals surface area contributed by atoms with Crippen LogP contribution in [0, 0.1) is 13.8 Å². The third kappa shape index (κ3) is 1.16. The summed E-state index contributed by atoms with van der Waals surface area (Å²) < 4.78 is 2.10. The zero-order valence-electron chi connectivity index (χ0n) is 9.23. The Bertz CT molecular complexity index is 634. The molecule has 0 aliphatic heterocycles. The molecule has 0 bridgehead atoms. The van der Waals surface area contributed by atoms with Gasteiger partial charge in [-0.25, -0.2) is 4.98 Å². The zero-order chi connectivity index (χ0) is 11.1. The molecule has 0 aliphatic carbocycles. The molecular weight excluding hydrogens is 200 g/mol. The number of hydrogen-bond acceptors (Lipinski definition) is 2. The Morgan fingerprint density at radius 1 is 1.25 bits per heavy atom. The first-order chi connectivity index (χ1) is 7.77. The van der Waals surface area contributed by atoms with Crippen molar-refractivity contribution in [3.63, 3.8) is 0 Å². The molecule has 0 spiro atoms. The molecule has 4 heteroatoms. The third-order valence-electron chi connectivity index (χ3n) is 2.78. The molecular formula is C12H12N4. The van der Waals surface area contributed by atoms with Gasteiger partial charge in [-0.3, -0.25) is 9.50 Å². The lowest BCUT2D eigenvalue weighted by Gasteiger charge is -2.00. The maximum absolute atomic E-state index is 4.58. The smallest absolute Gasteiger partial charge is 0.140 e. The van der Waals surface area contributed by atoms with Gasteiger partial charge in [-0.1, -0.05) is 6.07 Å². The molecule has 4 nitrogen and oxygen atoms in total. The molecule has 3 aromatic heterocycles. The SMILES string of the molecule is Cc1nc2c(C)cccn2c1-c1ccn[nH]1. The van der Waals surface area contributed by atoms with Crippen LogP contribution in [0.1, 0.15) is 11.3 Å². The monoisotopic (exact) mass is 212 g/mol. The van der Waals surface area contributed by atoms with Crippen molar-refractivity contribution in [1.29, 1.82) is 0 Å². The van der Waals surface area contributed by atoms with Gasteiger partial charge in [-0.05, 0) is 31.5 Å². The number of aromatic amines is 1. The average Bonchev–Trinajstić information content (AvgIpc) is 2.85. The molecule has 0 unspecified atom stereocenters. The second kappa shape index (κ2) is 3.20. The molecule has 0 radical (unpaired) electrons. The van der Waals surface area contributed by atoms with E-state index in [1.165, 1.54) is 5.56 Å². The van der Waals surface area contributed by atoms with Crippen molar-refractivity contribution in [2.24, 2.45) is 0 Å². The number of nitrogens with one attached hydrogen (secondary N) is 1. The fourth-order valence-electron chi connectivity index (χ4n) is 2.03. The van der Waals surface area contributed by atoms with E-state index in [2.05, 4.69) is 32.6 Å². The van der Waals surface area contributed by atoms with Crippen LogP contribution < -0.4 is 0 Å². The normalized spacial score (nSPS) is 11.1. The van der Waals surface area contributed by atoms with Crippen LogP contribution in [0.2, 0.25) is 0 Å². The first kappa shape index (κ1) is 9.15. The third-order valence-corrected chi connectivity index (χ3v) is 2.78. The maximum Gasteiger partial charge on any atom is 0.140 e. The minimum atomic E-state index is 0.996. The first-order valence-electron chi connectivity index (χ1n) is 5.21. The standard InChI is InChI=1S/C12H12N4/c1-8-4-3-7-16-11(9(2)14-12(8)16)10-5-6-13-15-10/h3-7H,1-2H3,(H,13,15). The Morgan fingerprint density at radius 2 is 2.12 bits per heavy atom. The summed E-state index contributed by atoms with van der Waals surface area (Å²) in [6, 6.07) is 6.06. The number of imidazole rings is 1. The van der Waals surface area contributed by atoms with E-state index in [-0.39, 0.29) is 0 Å². The van der Waals surface area contributed by atoms with Gasteiger partial charge in [0.15, 0.2) is 0 Å². The minimum Gasteiger partial charge on any atom is -0.298 e. The summed E-state index contributed by atoms with van der Waals surface area (Å²) in [7, 11) is 0. The van der Waals surface area contributed by atoms with Gasteiger partial charge in [0, 0.05) is 12.4 Å². The van der Waals surface area contributed by atoms with Gasteiger partial charge in [0.25, 0.3) is 0 Å². The van der Waals surface area contributed by atoms with Crippen LogP contribution in [0.4, 0.5) is 0 Å². The lowest BCUT2D eigenvalue weighted by molar-refractivity contribution is 1.07. The number of fused-ring (bicyclic) bond motifs is 1. The molecule has 0 saturated heterocycles. The lowest BCUT2D eigenvalue weighted by Crippen LogP contribution is -1.90. The summed E-state index contributed by atoms with van der Waals surface area (Å²) in [6.45, 7) is 4.08. The summed E-state index contributed by atoms with van der Waals surface area (Å²) in [5, 5.41) is 6.96. The van der Waals surface area contributed by atoms with Crippen LogP contribution in [0.3, 0.4) is 0 Å². The van der Waals surface area contributed by atoms with E-state index in [0.717, 1.165) is 22.7 Å². The van der Waals surface area contributed by atoms with E-state index in [0.29, 0.717) is 0 Å². The fraction of sp³-hybridized carbons (Fsp3) is 0.167. The molecule has 0 amide bonds. The molecule has 3 heterocycles. The zero-order valence-corrected chi connectivity index (χ0v) is 9.23. The van der Waals surface area contributed by atoms with Crippen LogP contribution in [-0.4, -0.2) is 19.6 Å². The molecule has 3 rings (SSSR count). The van der Waals surface area contributed by atoms with Gasteiger partial charge < -0.3 is 0 Å². The summed E-state index contributed by atoms with van der Waals surface area (Å²) in [6.07, 6.45) is 3.78. The molecule has 80 valence electrons. The number of rotatable bonds is 1. The lowest BCUT2D eigenvalue weighted by atomic mass is 10.2. The predicted molar refractivity (Wildman–Crippen MR) is 62.2 cm³/mol. The summed E-state index contributed by atoms with van der Waals surface area (Å²) in [5.74, 6) is 0.